The fourth-order valence-electron chi connectivity index (χ4n) is 2.42. The van der Waals surface area contributed by atoms with Crippen molar-refractivity contribution in [2.75, 3.05) is 7.11 Å². The molecule has 0 fully saturated rings. The van der Waals surface area contributed by atoms with Crippen LogP contribution in [0.1, 0.15) is 38.9 Å². The van der Waals surface area contributed by atoms with Crippen LogP contribution in [0.5, 0.6) is 5.75 Å². The Balaban J connectivity index is 2.31. The van der Waals surface area contributed by atoms with Gasteiger partial charge >= 0.3 is 5.97 Å². The molecule has 7 heteroatoms. The van der Waals surface area contributed by atoms with Crippen LogP contribution in [0.2, 0.25) is 0 Å². The molecule has 3 N–H and O–H groups in total. The maximum Gasteiger partial charge on any atom is 0.331 e. The Hall–Kier alpha value is -2.83. The summed E-state index contributed by atoms with van der Waals surface area (Å²) >= 11 is 0. The van der Waals surface area contributed by atoms with Crippen LogP contribution >= 0.6 is 0 Å². The molecular formula is C16H19N3O4. The van der Waals surface area contributed by atoms with Crippen LogP contribution in [0.15, 0.2) is 18.2 Å². The fraction of sp³-hybridized carbons (Fsp3) is 0.312. The molecule has 1 unspecified atom stereocenters. The molecule has 0 aliphatic heterocycles. The zero-order valence-corrected chi connectivity index (χ0v) is 13.4. The van der Waals surface area contributed by atoms with E-state index >= 15 is 0 Å². The number of carbonyl (C=O) groups excluding carboxylic acids is 1. The van der Waals surface area contributed by atoms with Crippen molar-refractivity contribution in [3.63, 3.8) is 0 Å². The van der Waals surface area contributed by atoms with Crippen molar-refractivity contribution >= 4 is 11.9 Å². The minimum Gasteiger partial charge on any atom is -0.496 e. The summed E-state index contributed by atoms with van der Waals surface area (Å²) in [6.07, 6.45) is 0. The summed E-state index contributed by atoms with van der Waals surface area (Å²) in [5.41, 5.74) is 2.83. The van der Waals surface area contributed by atoms with Crippen molar-refractivity contribution in [3.05, 3.63) is 46.3 Å². The SMILES string of the molecule is COc1cc(C(=O)NC(C(=O)O)c2c(C)n[nH]c2C)ccc1C. The minimum absolute atomic E-state index is 0.331. The van der Waals surface area contributed by atoms with Crippen LogP contribution < -0.4 is 10.1 Å². The number of hydrogen-bond acceptors (Lipinski definition) is 4. The van der Waals surface area contributed by atoms with E-state index in [9.17, 15) is 14.7 Å². The largest absolute Gasteiger partial charge is 0.496 e. The van der Waals surface area contributed by atoms with Crippen LogP contribution in [0.25, 0.3) is 0 Å². The van der Waals surface area contributed by atoms with Gasteiger partial charge in [-0.2, -0.15) is 5.10 Å². The van der Waals surface area contributed by atoms with Crippen LogP contribution in [0.4, 0.5) is 0 Å². The van der Waals surface area contributed by atoms with Crippen LogP contribution in [0, 0.1) is 20.8 Å². The Morgan fingerprint density at radius 2 is 2.00 bits per heavy atom. The highest BCUT2D eigenvalue weighted by molar-refractivity contribution is 5.97. The van der Waals surface area contributed by atoms with Crippen molar-refractivity contribution < 1.29 is 19.4 Å². The molecule has 2 aromatic rings. The van der Waals surface area contributed by atoms with Gasteiger partial charge in [-0.05, 0) is 38.5 Å². The highest BCUT2D eigenvalue weighted by atomic mass is 16.5. The number of benzene rings is 1. The van der Waals surface area contributed by atoms with Gasteiger partial charge in [0.1, 0.15) is 5.75 Å². The van der Waals surface area contributed by atoms with Gasteiger partial charge in [0.05, 0.1) is 12.8 Å². The van der Waals surface area contributed by atoms with Crippen molar-refractivity contribution in [1.82, 2.24) is 15.5 Å². The van der Waals surface area contributed by atoms with E-state index in [0.717, 1.165) is 5.56 Å². The number of nitrogens with one attached hydrogen (secondary N) is 2. The van der Waals surface area contributed by atoms with E-state index in [1.54, 1.807) is 32.0 Å². The number of hydrogen-bond donors (Lipinski definition) is 3. The first-order valence-corrected chi connectivity index (χ1v) is 7.05. The summed E-state index contributed by atoms with van der Waals surface area (Å²) in [6, 6.07) is 3.78. The molecule has 1 atom stereocenters. The molecular weight excluding hydrogens is 298 g/mol. The molecule has 0 bridgehead atoms. The summed E-state index contributed by atoms with van der Waals surface area (Å²) < 4.78 is 5.19. The number of aryl methyl sites for hydroxylation is 3. The van der Waals surface area contributed by atoms with E-state index in [1.165, 1.54) is 7.11 Å². The summed E-state index contributed by atoms with van der Waals surface area (Å²) in [7, 11) is 1.52. The van der Waals surface area contributed by atoms with Crippen molar-refractivity contribution in [3.8, 4) is 5.75 Å². The van der Waals surface area contributed by atoms with E-state index in [2.05, 4.69) is 15.5 Å². The molecule has 1 aromatic carbocycles. The lowest BCUT2D eigenvalue weighted by Crippen LogP contribution is -2.34. The van der Waals surface area contributed by atoms with E-state index in [1.807, 2.05) is 6.92 Å². The third-order valence-electron chi connectivity index (χ3n) is 3.67. The van der Waals surface area contributed by atoms with Gasteiger partial charge in [0.2, 0.25) is 0 Å². The van der Waals surface area contributed by atoms with Gasteiger partial charge in [-0.25, -0.2) is 4.79 Å². The van der Waals surface area contributed by atoms with E-state index in [-0.39, 0.29) is 0 Å². The number of rotatable bonds is 5. The summed E-state index contributed by atoms with van der Waals surface area (Å²) in [6.45, 7) is 5.26. The summed E-state index contributed by atoms with van der Waals surface area (Å²) in [5, 5.41) is 18.7. The number of aromatic nitrogens is 2. The first kappa shape index (κ1) is 16.5. The number of nitrogens with zero attached hydrogens (tertiary/aromatic N) is 1. The number of aliphatic carboxylic acids is 1. The lowest BCUT2D eigenvalue weighted by molar-refractivity contribution is -0.139. The number of ether oxygens (including phenoxy) is 1. The Morgan fingerprint density at radius 1 is 1.30 bits per heavy atom. The molecule has 7 nitrogen and oxygen atoms in total. The number of carboxylic acid groups (broad SMARTS) is 1. The normalized spacial score (nSPS) is 11.8. The van der Waals surface area contributed by atoms with Crippen LogP contribution in [0.3, 0.4) is 0 Å². The third kappa shape index (κ3) is 3.33. The molecule has 0 saturated carbocycles. The fourth-order valence-corrected chi connectivity index (χ4v) is 2.42. The predicted molar refractivity (Wildman–Crippen MR) is 83.6 cm³/mol. The maximum absolute atomic E-state index is 12.4. The summed E-state index contributed by atoms with van der Waals surface area (Å²) in [4.78, 5) is 24.0. The van der Waals surface area contributed by atoms with Gasteiger partial charge in [0.25, 0.3) is 5.91 Å². The van der Waals surface area contributed by atoms with Gasteiger partial charge in [-0.3, -0.25) is 9.89 Å². The Labute approximate surface area is 133 Å². The topological polar surface area (TPSA) is 104 Å². The average molecular weight is 317 g/mol. The molecule has 0 aliphatic carbocycles. The number of amides is 1. The number of carbonyl (C=O) groups is 2. The van der Waals surface area contributed by atoms with Gasteiger partial charge in [-0.1, -0.05) is 6.07 Å². The Kier molecular flexibility index (Phi) is 4.68. The first-order chi connectivity index (χ1) is 10.8. The van der Waals surface area contributed by atoms with E-state index in [4.69, 9.17) is 4.74 Å². The molecule has 23 heavy (non-hydrogen) atoms. The molecule has 0 saturated heterocycles. The van der Waals surface area contributed by atoms with Crippen molar-refractivity contribution in [2.45, 2.75) is 26.8 Å². The highest BCUT2D eigenvalue weighted by Crippen LogP contribution is 2.22. The zero-order chi connectivity index (χ0) is 17.1. The monoisotopic (exact) mass is 317 g/mol. The van der Waals surface area contributed by atoms with Crippen LogP contribution in [-0.4, -0.2) is 34.3 Å². The van der Waals surface area contributed by atoms with Crippen molar-refractivity contribution in [1.29, 1.82) is 0 Å². The molecule has 0 aliphatic rings. The van der Waals surface area contributed by atoms with Crippen molar-refractivity contribution in [2.24, 2.45) is 0 Å². The number of carboxylic acids is 1. The van der Waals surface area contributed by atoms with Crippen LogP contribution in [-0.2, 0) is 4.79 Å². The highest BCUT2D eigenvalue weighted by Gasteiger charge is 2.27. The quantitative estimate of drug-likeness (QED) is 0.781. The second-order valence-corrected chi connectivity index (χ2v) is 5.28. The second kappa shape index (κ2) is 6.51. The number of methoxy groups -OCH3 is 1. The minimum atomic E-state index is -1.17. The lowest BCUT2D eigenvalue weighted by Gasteiger charge is -2.16. The average Bonchev–Trinajstić information content (AvgIpc) is 2.84. The molecule has 0 radical (unpaired) electrons. The first-order valence-electron chi connectivity index (χ1n) is 7.05. The maximum atomic E-state index is 12.4. The smallest absolute Gasteiger partial charge is 0.331 e. The van der Waals surface area contributed by atoms with Gasteiger partial charge in [-0.15, -0.1) is 0 Å². The molecule has 1 heterocycles. The number of H-pyrrole nitrogens is 1. The standard InChI is InChI=1S/C16H19N3O4/c1-8-5-6-11(7-12(8)23-4)15(20)17-14(16(21)22)13-9(2)18-19-10(13)3/h5-7,14H,1-4H3,(H,17,20)(H,18,19)(H,21,22). The van der Waals surface area contributed by atoms with Gasteiger partial charge in [0, 0.05) is 16.8 Å². The number of aromatic amines is 1. The third-order valence-corrected chi connectivity index (χ3v) is 3.67. The molecule has 0 spiro atoms. The Morgan fingerprint density at radius 3 is 2.52 bits per heavy atom. The van der Waals surface area contributed by atoms with E-state index < -0.39 is 17.9 Å². The zero-order valence-electron chi connectivity index (χ0n) is 13.4. The second-order valence-electron chi connectivity index (χ2n) is 5.28. The molecule has 122 valence electrons. The lowest BCUT2D eigenvalue weighted by atomic mass is 10.0. The predicted octanol–water partition coefficient (Wildman–Crippen LogP) is 1.90. The molecule has 2 rings (SSSR count). The molecule has 1 amide bonds. The van der Waals surface area contributed by atoms with Gasteiger partial charge < -0.3 is 15.2 Å². The van der Waals surface area contributed by atoms with E-state index in [0.29, 0.717) is 28.3 Å². The van der Waals surface area contributed by atoms with Gasteiger partial charge in [0.15, 0.2) is 6.04 Å². The summed E-state index contributed by atoms with van der Waals surface area (Å²) in [5.74, 6) is -1.07. The molecule has 1 aromatic heterocycles. The Bertz CT molecular complexity index is 732.